The van der Waals surface area contributed by atoms with Crippen molar-refractivity contribution in [1.82, 2.24) is 4.90 Å². The molecule has 3 amide bonds. The normalized spacial score (nSPS) is 14.7. The van der Waals surface area contributed by atoms with Crippen molar-refractivity contribution in [3.63, 3.8) is 0 Å². The lowest BCUT2D eigenvalue weighted by molar-refractivity contribution is -0.118. The third-order valence-electron chi connectivity index (χ3n) is 7.59. The summed E-state index contributed by atoms with van der Waals surface area (Å²) < 4.78 is 18.1. The molecule has 5 rings (SSSR count). The average molecular weight is 603 g/mol. The van der Waals surface area contributed by atoms with E-state index < -0.39 is 10.8 Å². The molecule has 10 heteroatoms. The average Bonchev–Trinajstić information content (AvgIpc) is 3.87. The minimum absolute atomic E-state index is 0.0698. The van der Waals surface area contributed by atoms with E-state index in [0.717, 1.165) is 61.9 Å². The smallest absolute Gasteiger partial charge is 0.262 e. The van der Waals surface area contributed by atoms with E-state index in [1.807, 2.05) is 17.0 Å². The second kappa shape index (κ2) is 14.4. The number of anilines is 2. The largest absolute Gasteiger partial charge is 0.482 e. The zero-order chi connectivity index (χ0) is 30.2. The number of nitrogens with two attached hydrogens (primary N) is 1. The van der Waals surface area contributed by atoms with Crippen LogP contribution in [0.1, 0.15) is 71.2 Å². The quantitative estimate of drug-likeness (QED) is 0.220. The number of rotatable bonds is 14. The molecule has 3 aromatic carbocycles. The van der Waals surface area contributed by atoms with Crippen molar-refractivity contribution >= 4 is 39.9 Å². The SMILES string of the molecule is NCCCCCCCS(=O)c1ccc(NC(=O)c2ccc(CN(C(=O)c3ccc4c(c3)OCC(=O)N4)C3CC3)cc2)cc1. The van der Waals surface area contributed by atoms with Crippen LogP contribution in [0.15, 0.2) is 71.6 Å². The van der Waals surface area contributed by atoms with Gasteiger partial charge in [-0.15, -0.1) is 0 Å². The Bertz CT molecular complexity index is 1470. The third kappa shape index (κ3) is 8.30. The molecule has 9 nitrogen and oxygen atoms in total. The minimum atomic E-state index is -1.06. The highest BCUT2D eigenvalue weighted by Crippen LogP contribution is 2.33. The van der Waals surface area contributed by atoms with Gasteiger partial charge >= 0.3 is 0 Å². The lowest BCUT2D eigenvalue weighted by Gasteiger charge is -2.24. The molecule has 226 valence electrons. The van der Waals surface area contributed by atoms with E-state index in [4.69, 9.17) is 10.5 Å². The van der Waals surface area contributed by atoms with Gasteiger partial charge in [-0.3, -0.25) is 18.6 Å². The monoisotopic (exact) mass is 602 g/mol. The van der Waals surface area contributed by atoms with Crippen LogP contribution < -0.4 is 21.1 Å². The molecule has 2 aliphatic rings. The molecule has 4 N–H and O–H groups in total. The zero-order valence-electron chi connectivity index (χ0n) is 24.2. The van der Waals surface area contributed by atoms with Gasteiger partial charge in [0, 0.05) is 40.0 Å². The molecule has 1 saturated carbocycles. The van der Waals surface area contributed by atoms with Gasteiger partial charge < -0.3 is 26.0 Å². The molecule has 0 saturated heterocycles. The van der Waals surface area contributed by atoms with Crippen LogP contribution >= 0.6 is 0 Å². The second-order valence-corrected chi connectivity index (χ2v) is 12.6. The highest BCUT2D eigenvalue weighted by molar-refractivity contribution is 7.85. The number of nitrogens with one attached hydrogen (secondary N) is 2. The Morgan fingerprint density at radius 3 is 2.35 bits per heavy atom. The van der Waals surface area contributed by atoms with Crippen LogP contribution in [-0.2, 0) is 22.1 Å². The first-order chi connectivity index (χ1) is 20.9. The van der Waals surface area contributed by atoms with E-state index in [1.165, 1.54) is 0 Å². The summed E-state index contributed by atoms with van der Waals surface area (Å²) in [5, 5.41) is 5.64. The van der Waals surface area contributed by atoms with Gasteiger partial charge in [0.25, 0.3) is 17.7 Å². The summed E-state index contributed by atoms with van der Waals surface area (Å²) in [6.07, 6.45) is 7.15. The van der Waals surface area contributed by atoms with Crippen LogP contribution in [0.25, 0.3) is 0 Å². The number of amides is 3. The topological polar surface area (TPSA) is 131 Å². The van der Waals surface area contributed by atoms with Gasteiger partial charge in [-0.25, -0.2) is 0 Å². The molecule has 1 atom stereocenters. The maximum Gasteiger partial charge on any atom is 0.262 e. The summed E-state index contributed by atoms with van der Waals surface area (Å²) in [6, 6.07) is 19.7. The standard InChI is InChI=1S/C33H38N4O5S/c34-18-4-2-1-3-5-19-43(41)28-15-11-26(12-16-28)35-32(39)24-8-6-23(7-9-24)21-37(27-13-14-27)33(40)25-10-17-29-30(20-25)42-22-31(38)36-29/h6-12,15-17,20,27H,1-5,13-14,18-19,21-22,34H2,(H,35,39)(H,36,38). The van der Waals surface area contributed by atoms with Crippen LogP contribution in [0, 0.1) is 0 Å². The lowest BCUT2D eigenvalue weighted by atomic mass is 10.1. The fraction of sp³-hybridized carbons (Fsp3) is 0.364. The molecular formula is C33H38N4O5S. The molecule has 1 aliphatic carbocycles. The molecule has 0 radical (unpaired) electrons. The Balaban J connectivity index is 1.14. The highest BCUT2D eigenvalue weighted by Gasteiger charge is 2.33. The van der Waals surface area contributed by atoms with Gasteiger partial charge in [0.15, 0.2) is 6.61 Å². The van der Waals surface area contributed by atoms with Crippen LogP contribution in [0.5, 0.6) is 5.75 Å². The van der Waals surface area contributed by atoms with Crippen molar-refractivity contribution in [2.75, 3.05) is 29.5 Å². The van der Waals surface area contributed by atoms with Crippen molar-refractivity contribution in [1.29, 1.82) is 0 Å². The Kier molecular flexibility index (Phi) is 10.2. The van der Waals surface area contributed by atoms with Gasteiger partial charge in [0.05, 0.1) is 16.5 Å². The molecule has 1 fully saturated rings. The van der Waals surface area contributed by atoms with Gasteiger partial charge in [-0.05, 0) is 92.4 Å². The number of benzene rings is 3. The van der Waals surface area contributed by atoms with Crippen molar-refractivity contribution in [3.8, 4) is 5.75 Å². The van der Waals surface area contributed by atoms with E-state index in [-0.39, 0.29) is 30.4 Å². The molecule has 0 spiro atoms. The number of hydrogen-bond acceptors (Lipinski definition) is 6. The number of nitrogens with zero attached hydrogens (tertiary/aromatic N) is 1. The first-order valence-electron chi connectivity index (χ1n) is 14.9. The van der Waals surface area contributed by atoms with E-state index in [9.17, 15) is 18.6 Å². The second-order valence-electron chi connectivity index (χ2n) is 11.0. The van der Waals surface area contributed by atoms with Crippen LogP contribution in [-0.4, -0.2) is 51.8 Å². The van der Waals surface area contributed by atoms with Crippen molar-refractivity contribution in [3.05, 3.63) is 83.4 Å². The Hall–Kier alpha value is -4.02. The molecule has 0 bridgehead atoms. The fourth-order valence-corrected chi connectivity index (χ4v) is 6.15. The van der Waals surface area contributed by atoms with Crippen molar-refractivity contribution in [2.24, 2.45) is 5.73 Å². The predicted octanol–water partition coefficient (Wildman–Crippen LogP) is 5.09. The van der Waals surface area contributed by atoms with Gasteiger partial charge in [-0.1, -0.05) is 31.4 Å². The van der Waals surface area contributed by atoms with E-state index >= 15 is 0 Å². The molecule has 1 aliphatic heterocycles. The fourth-order valence-electron chi connectivity index (χ4n) is 5.00. The molecule has 1 unspecified atom stereocenters. The minimum Gasteiger partial charge on any atom is -0.482 e. The third-order valence-corrected chi connectivity index (χ3v) is 9.05. The molecular weight excluding hydrogens is 564 g/mol. The molecule has 43 heavy (non-hydrogen) atoms. The van der Waals surface area contributed by atoms with E-state index in [0.29, 0.717) is 40.5 Å². The van der Waals surface area contributed by atoms with Gasteiger partial charge in [0.1, 0.15) is 5.75 Å². The number of carbonyl (C=O) groups excluding carboxylic acids is 3. The number of fused-ring (bicyclic) bond motifs is 1. The number of unbranched alkanes of at least 4 members (excludes halogenated alkanes) is 4. The van der Waals surface area contributed by atoms with E-state index in [2.05, 4.69) is 10.6 Å². The van der Waals surface area contributed by atoms with Gasteiger partial charge in [-0.2, -0.15) is 0 Å². The zero-order valence-corrected chi connectivity index (χ0v) is 25.0. The molecule has 3 aromatic rings. The first kappa shape index (κ1) is 30.4. The Morgan fingerprint density at radius 1 is 0.930 bits per heavy atom. The number of carbonyl (C=O) groups is 3. The van der Waals surface area contributed by atoms with E-state index in [1.54, 1.807) is 54.6 Å². The summed E-state index contributed by atoms with van der Waals surface area (Å²) in [6.45, 7) is 1.08. The van der Waals surface area contributed by atoms with Crippen LogP contribution in [0.3, 0.4) is 0 Å². The Labute approximate surface area is 254 Å². The summed E-state index contributed by atoms with van der Waals surface area (Å²) >= 11 is 0. The number of hydrogen-bond donors (Lipinski definition) is 3. The van der Waals surface area contributed by atoms with Gasteiger partial charge in [0.2, 0.25) is 0 Å². The molecule has 1 heterocycles. The van der Waals surface area contributed by atoms with Crippen molar-refractivity contribution < 1.29 is 23.3 Å². The summed E-state index contributed by atoms with van der Waals surface area (Å²) in [5.41, 5.74) is 8.65. The van der Waals surface area contributed by atoms with Crippen LogP contribution in [0.2, 0.25) is 0 Å². The molecule has 0 aromatic heterocycles. The summed E-state index contributed by atoms with van der Waals surface area (Å²) in [5.74, 6) is 0.564. The maximum atomic E-state index is 13.4. The summed E-state index contributed by atoms with van der Waals surface area (Å²) in [7, 11) is -1.06. The van der Waals surface area contributed by atoms with Crippen molar-refractivity contribution in [2.45, 2.75) is 62.4 Å². The number of ether oxygens (including phenoxy) is 1. The highest BCUT2D eigenvalue weighted by atomic mass is 32.2. The maximum absolute atomic E-state index is 13.4. The first-order valence-corrected chi connectivity index (χ1v) is 16.2. The van der Waals surface area contributed by atoms with Crippen LogP contribution in [0.4, 0.5) is 11.4 Å². The lowest BCUT2D eigenvalue weighted by Crippen LogP contribution is -2.33. The summed E-state index contributed by atoms with van der Waals surface area (Å²) in [4.78, 5) is 40.5. The predicted molar refractivity (Wildman–Crippen MR) is 168 cm³/mol. The Morgan fingerprint density at radius 2 is 1.63 bits per heavy atom.